The fraction of sp³-hybridized carbons (Fsp3) is 0.667. The average molecular weight is 180 g/mol. The molecule has 1 aliphatic rings. The second-order valence-electron chi connectivity index (χ2n) is 3.15. The second kappa shape index (κ2) is 4.04. The van der Waals surface area contributed by atoms with E-state index in [1.54, 1.807) is 0 Å². The number of amides is 1. The van der Waals surface area contributed by atoms with Crippen molar-refractivity contribution in [1.82, 2.24) is 4.90 Å². The first kappa shape index (κ1) is 9.72. The number of carbonyl (C=O) groups excluding carboxylic acids is 2. The molecule has 1 amide bonds. The lowest BCUT2D eigenvalue weighted by atomic mass is 10.1. The highest BCUT2D eigenvalue weighted by Gasteiger charge is 2.38. The summed E-state index contributed by atoms with van der Waals surface area (Å²) in [6.45, 7) is 2.90. The number of Topliss-reactive ketones (excluding diaryl/α,β-unsaturated/α-hetero) is 1. The Balaban J connectivity index is 2.57. The normalized spacial score (nSPS) is 22.2. The molecule has 1 rings (SSSR count). The molecular formula is C9H12N2O2. The van der Waals surface area contributed by atoms with Crippen molar-refractivity contribution in [2.75, 3.05) is 13.1 Å². The summed E-state index contributed by atoms with van der Waals surface area (Å²) in [5.41, 5.74) is 0. The number of ketones is 1. The van der Waals surface area contributed by atoms with Crippen LogP contribution in [0.15, 0.2) is 0 Å². The number of nitriles is 1. The monoisotopic (exact) mass is 180 g/mol. The molecule has 1 aliphatic heterocycles. The van der Waals surface area contributed by atoms with E-state index in [4.69, 9.17) is 5.26 Å². The fourth-order valence-electron chi connectivity index (χ4n) is 1.33. The molecule has 0 N–H and O–H groups in total. The Morgan fingerprint density at radius 2 is 2.31 bits per heavy atom. The van der Waals surface area contributed by atoms with Gasteiger partial charge in [0, 0.05) is 13.1 Å². The first-order chi connectivity index (χ1) is 6.20. The van der Waals surface area contributed by atoms with Gasteiger partial charge in [0.05, 0.1) is 6.07 Å². The summed E-state index contributed by atoms with van der Waals surface area (Å²) < 4.78 is 0. The molecule has 0 aromatic carbocycles. The molecule has 13 heavy (non-hydrogen) atoms. The van der Waals surface area contributed by atoms with Gasteiger partial charge in [0.15, 0.2) is 0 Å². The van der Waals surface area contributed by atoms with Gasteiger partial charge < -0.3 is 4.90 Å². The van der Waals surface area contributed by atoms with Crippen LogP contribution in [-0.4, -0.2) is 29.7 Å². The largest absolute Gasteiger partial charge is 0.334 e. The quantitative estimate of drug-likeness (QED) is 0.588. The molecule has 0 bridgehead atoms. The van der Waals surface area contributed by atoms with Gasteiger partial charge in [-0.1, -0.05) is 13.3 Å². The number of nitrogens with zero attached hydrogens (tertiary/aromatic N) is 2. The van der Waals surface area contributed by atoms with Crippen molar-refractivity contribution >= 4 is 11.7 Å². The predicted octanol–water partition coefficient (Wildman–Crippen LogP) is 0.338. The molecule has 70 valence electrons. The van der Waals surface area contributed by atoms with Crippen LogP contribution in [0, 0.1) is 17.2 Å². The van der Waals surface area contributed by atoms with Crippen LogP contribution in [0.1, 0.15) is 19.8 Å². The highest BCUT2D eigenvalue weighted by Crippen LogP contribution is 2.13. The van der Waals surface area contributed by atoms with E-state index in [1.165, 1.54) is 4.90 Å². The highest BCUT2D eigenvalue weighted by molar-refractivity contribution is 6.39. The van der Waals surface area contributed by atoms with Gasteiger partial charge in [0.2, 0.25) is 5.78 Å². The summed E-state index contributed by atoms with van der Waals surface area (Å²) in [7, 11) is 0. The summed E-state index contributed by atoms with van der Waals surface area (Å²) >= 11 is 0. The van der Waals surface area contributed by atoms with E-state index in [-0.39, 0.29) is 6.54 Å². The summed E-state index contributed by atoms with van der Waals surface area (Å²) in [5.74, 6) is -1.76. The minimum atomic E-state index is -0.732. The van der Waals surface area contributed by atoms with Crippen LogP contribution in [0.2, 0.25) is 0 Å². The van der Waals surface area contributed by atoms with Crippen molar-refractivity contribution in [3.8, 4) is 6.07 Å². The molecule has 0 aliphatic carbocycles. The van der Waals surface area contributed by atoms with Gasteiger partial charge in [0.1, 0.15) is 5.92 Å². The average Bonchev–Trinajstić information content (AvgIpc) is 2.41. The van der Waals surface area contributed by atoms with Gasteiger partial charge in [-0.15, -0.1) is 0 Å². The van der Waals surface area contributed by atoms with Gasteiger partial charge in [0.25, 0.3) is 5.91 Å². The van der Waals surface area contributed by atoms with E-state index in [0.29, 0.717) is 6.54 Å². The number of unbranched alkanes of at least 4 members (excludes halogenated alkanes) is 1. The van der Waals surface area contributed by atoms with E-state index in [9.17, 15) is 9.59 Å². The lowest BCUT2D eigenvalue weighted by molar-refractivity contribution is -0.140. The number of likely N-dealkylation sites (tertiary alicyclic amines) is 1. The Morgan fingerprint density at radius 3 is 2.77 bits per heavy atom. The van der Waals surface area contributed by atoms with E-state index in [0.717, 1.165) is 12.8 Å². The first-order valence-electron chi connectivity index (χ1n) is 4.43. The third kappa shape index (κ3) is 1.86. The van der Waals surface area contributed by atoms with Crippen LogP contribution in [0.3, 0.4) is 0 Å². The van der Waals surface area contributed by atoms with Crippen LogP contribution in [-0.2, 0) is 9.59 Å². The van der Waals surface area contributed by atoms with Crippen molar-refractivity contribution in [3.63, 3.8) is 0 Å². The minimum Gasteiger partial charge on any atom is -0.334 e. The van der Waals surface area contributed by atoms with Gasteiger partial charge in [-0.05, 0) is 6.42 Å². The number of rotatable bonds is 3. The van der Waals surface area contributed by atoms with Crippen molar-refractivity contribution < 1.29 is 9.59 Å². The summed E-state index contributed by atoms with van der Waals surface area (Å²) in [5, 5.41) is 8.55. The number of carbonyl (C=O) groups is 2. The minimum absolute atomic E-state index is 0.286. The zero-order chi connectivity index (χ0) is 9.84. The van der Waals surface area contributed by atoms with Crippen molar-refractivity contribution in [2.45, 2.75) is 19.8 Å². The number of hydrogen-bond donors (Lipinski definition) is 0. The zero-order valence-electron chi connectivity index (χ0n) is 7.62. The van der Waals surface area contributed by atoms with Crippen LogP contribution >= 0.6 is 0 Å². The molecule has 0 spiro atoms. The Bertz CT molecular complexity index is 267. The third-order valence-electron chi connectivity index (χ3n) is 2.15. The molecule has 0 saturated carbocycles. The molecule has 1 saturated heterocycles. The molecule has 1 heterocycles. The van der Waals surface area contributed by atoms with E-state index in [1.807, 2.05) is 13.0 Å². The van der Waals surface area contributed by atoms with Crippen LogP contribution < -0.4 is 0 Å². The third-order valence-corrected chi connectivity index (χ3v) is 2.15. The summed E-state index contributed by atoms with van der Waals surface area (Å²) in [4.78, 5) is 23.8. The Morgan fingerprint density at radius 1 is 1.62 bits per heavy atom. The Labute approximate surface area is 77.1 Å². The Kier molecular flexibility index (Phi) is 3.02. The molecule has 4 heteroatoms. The van der Waals surface area contributed by atoms with Gasteiger partial charge in [-0.25, -0.2) is 0 Å². The maximum atomic E-state index is 11.2. The molecule has 0 radical (unpaired) electrons. The van der Waals surface area contributed by atoms with Crippen molar-refractivity contribution in [1.29, 1.82) is 5.26 Å². The van der Waals surface area contributed by atoms with Gasteiger partial charge >= 0.3 is 0 Å². The van der Waals surface area contributed by atoms with E-state index >= 15 is 0 Å². The van der Waals surface area contributed by atoms with Crippen molar-refractivity contribution in [3.05, 3.63) is 0 Å². The highest BCUT2D eigenvalue weighted by atomic mass is 16.2. The zero-order valence-corrected chi connectivity index (χ0v) is 7.62. The molecule has 1 atom stereocenters. The SMILES string of the molecule is CCCCN1C[C@@H](C#N)C(=O)C1=O. The van der Waals surface area contributed by atoms with Crippen LogP contribution in [0.25, 0.3) is 0 Å². The molecule has 0 aromatic rings. The van der Waals surface area contributed by atoms with E-state index < -0.39 is 17.6 Å². The fourth-order valence-corrected chi connectivity index (χ4v) is 1.33. The van der Waals surface area contributed by atoms with Gasteiger partial charge in [-0.2, -0.15) is 5.26 Å². The summed E-state index contributed by atoms with van der Waals surface area (Å²) in [6.07, 6.45) is 1.87. The second-order valence-corrected chi connectivity index (χ2v) is 3.15. The van der Waals surface area contributed by atoms with Gasteiger partial charge in [-0.3, -0.25) is 9.59 Å². The smallest absolute Gasteiger partial charge is 0.291 e. The topological polar surface area (TPSA) is 61.2 Å². The summed E-state index contributed by atoms with van der Waals surface area (Å²) in [6, 6.07) is 1.84. The standard InChI is InChI=1S/C9H12N2O2/c1-2-3-4-11-6-7(5-10)8(12)9(11)13/h7H,2-4,6H2,1H3/t7-/m1/s1. The molecule has 1 fully saturated rings. The molecule has 0 aromatic heterocycles. The van der Waals surface area contributed by atoms with Crippen molar-refractivity contribution in [2.24, 2.45) is 5.92 Å². The lowest BCUT2D eigenvalue weighted by Gasteiger charge is -2.12. The van der Waals surface area contributed by atoms with Crippen LogP contribution in [0.4, 0.5) is 0 Å². The Hall–Kier alpha value is -1.37. The number of hydrogen-bond acceptors (Lipinski definition) is 3. The lowest BCUT2D eigenvalue weighted by Crippen LogP contribution is -2.28. The predicted molar refractivity (Wildman–Crippen MR) is 45.6 cm³/mol. The first-order valence-corrected chi connectivity index (χ1v) is 4.43. The maximum Gasteiger partial charge on any atom is 0.291 e. The molecular weight excluding hydrogens is 168 g/mol. The molecule has 4 nitrogen and oxygen atoms in total. The van der Waals surface area contributed by atoms with Crippen LogP contribution in [0.5, 0.6) is 0 Å². The maximum absolute atomic E-state index is 11.2. The van der Waals surface area contributed by atoms with E-state index in [2.05, 4.69) is 0 Å². The molecule has 0 unspecified atom stereocenters.